The Morgan fingerprint density at radius 3 is 1.21 bits per heavy atom. The molecule has 3 saturated heterocycles. The summed E-state index contributed by atoms with van der Waals surface area (Å²) in [7, 11) is 2.34. The number of hydrogen-bond donors (Lipinski definition) is 0. The molecule has 3 aliphatic rings. The van der Waals surface area contributed by atoms with Crippen LogP contribution in [0.5, 0.6) is 0 Å². The molecule has 12 nitrogen and oxygen atoms in total. The van der Waals surface area contributed by atoms with Crippen LogP contribution < -0.4 is 9.80 Å². The monoisotopic (exact) mass is 858 g/mol. The van der Waals surface area contributed by atoms with Gasteiger partial charge in [-0.25, -0.2) is 0 Å². The van der Waals surface area contributed by atoms with Crippen LogP contribution in [0.15, 0.2) is 0 Å². The van der Waals surface area contributed by atoms with Crippen molar-refractivity contribution in [2.75, 3.05) is 56.3 Å². The minimum Gasteiger partial charge on any atom is -0.338 e. The molecule has 0 bridgehead atoms. The van der Waals surface area contributed by atoms with Crippen LogP contribution in [-0.2, 0) is 14.5 Å². The Balaban J connectivity index is 1.57. The minimum atomic E-state index is -0.156. The Bertz CT molecular complexity index is 1450. The Hall–Kier alpha value is -1.67. The lowest BCUT2D eigenvalue weighted by Crippen LogP contribution is -2.64. The summed E-state index contributed by atoms with van der Waals surface area (Å²) in [5.41, 5.74) is -0.602. The standard InChI is InChI=1S/C49H95N9O3/c1-19-23-29-54(40-36-48(14,15)58(61-31-20-2)49(16,17)37-40)42-50-38(5)51-43(52-42)55(41-34-46(10,11)57(60-22-4)47(12,13)35-41)30-27-25-24-26-28-53(18)39-32-44(6,7)56(59-21-3)45(8,9)33-39/h39-41H,19-37H2,1-18H3. The van der Waals surface area contributed by atoms with Gasteiger partial charge in [-0.05, 0) is 182 Å². The van der Waals surface area contributed by atoms with Crippen molar-refractivity contribution in [2.45, 2.75) is 253 Å². The van der Waals surface area contributed by atoms with Crippen molar-refractivity contribution >= 4 is 11.9 Å². The van der Waals surface area contributed by atoms with E-state index in [9.17, 15) is 0 Å². The van der Waals surface area contributed by atoms with Crippen LogP contribution in [0, 0.1) is 6.92 Å². The van der Waals surface area contributed by atoms with E-state index in [1.165, 1.54) is 19.3 Å². The summed E-state index contributed by atoms with van der Waals surface area (Å²) in [5, 5.41) is 6.83. The molecule has 4 heterocycles. The van der Waals surface area contributed by atoms with Crippen molar-refractivity contribution in [2.24, 2.45) is 0 Å². The molecule has 4 rings (SSSR count). The third kappa shape index (κ3) is 13.0. The van der Waals surface area contributed by atoms with Crippen LogP contribution in [0.4, 0.5) is 11.9 Å². The van der Waals surface area contributed by atoms with E-state index in [1.807, 2.05) is 0 Å². The fraction of sp³-hybridized carbons (Fsp3) is 0.939. The molecule has 61 heavy (non-hydrogen) atoms. The summed E-state index contributed by atoms with van der Waals surface area (Å²) in [5.74, 6) is 2.45. The summed E-state index contributed by atoms with van der Waals surface area (Å²) >= 11 is 0. The topological polar surface area (TPSA) is 85.8 Å². The molecule has 0 radical (unpaired) electrons. The smallest absolute Gasteiger partial charge is 0.230 e. The number of piperidine rings is 3. The lowest BCUT2D eigenvalue weighted by molar-refractivity contribution is -0.285. The molecule has 0 atom stereocenters. The van der Waals surface area contributed by atoms with Crippen LogP contribution in [0.2, 0.25) is 0 Å². The van der Waals surface area contributed by atoms with E-state index in [0.29, 0.717) is 19.3 Å². The van der Waals surface area contributed by atoms with Crippen molar-refractivity contribution in [3.05, 3.63) is 5.82 Å². The predicted molar refractivity (Wildman–Crippen MR) is 254 cm³/mol. The molecule has 0 aromatic carbocycles. The zero-order valence-corrected chi connectivity index (χ0v) is 42.9. The predicted octanol–water partition coefficient (Wildman–Crippen LogP) is 10.4. The minimum absolute atomic E-state index is 0.00360. The molecule has 0 unspecified atom stereocenters. The Morgan fingerprint density at radius 1 is 0.475 bits per heavy atom. The molecule has 0 amide bonds. The van der Waals surface area contributed by atoms with Crippen molar-refractivity contribution in [3.63, 3.8) is 0 Å². The molecular formula is C49H95N9O3. The van der Waals surface area contributed by atoms with Gasteiger partial charge < -0.3 is 14.7 Å². The third-order valence-corrected chi connectivity index (χ3v) is 13.8. The number of aromatic nitrogens is 3. The van der Waals surface area contributed by atoms with Gasteiger partial charge in [0, 0.05) is 64.4 Å². The average molecular weight is 858 g/mol. The molecule has 0 saturated carbocycles. The normalized spacial score (nSPS) is 23.5. The van der Waals surface area contributed by atoms with Gasteiger partial charge in [-0.1, -0.05) is 33.1 Å². The van der Waals surface area contributed by atoms with Gasteiger partial charge in [-0.2, -0.15) is 30.1 Å². The van der Waals surface area contributed by atoms with Gasteiger partial charge in [-0.3, -0.25) is 14.5 Å². The second-order valence-corrected chi connectivity index (χ2v) is 22.7. The zero-order valence-electron chi connectivity index (χ0n) is 42.9. The molecule has 0 spiro atoms. The average Bonchev–Trinajstić information content (AvgIpc) is 3.12. The van der Waals surface area contributed by atoms with E-state index in [2.05, 4.69) is 155 Å². The van der Waals surface area contributed by atoms with E-state index in [-0.39, 0.29) is 45.3 Å². The van der Waals surface area contributed by atoms with Gasteiger partial charge in [0.2, 0.25) is 11.9 Å². The molecule has 3 aliphatic heterocycles. The van der Waals surface area contributed by atoms with Crippen LogP contribution in [-0.4, -0.2) is 133 Å². The quantitative estimate of drug-likeness (QED) is 0.104. The second-order valence-electron chi connectivity index (χ2n) is 22.7. The van der Waals surface area contributed by atoms with E-state index in [4.69, 9.17) is 29.5 Å². The molecule has 3 fully saturated rings. The van der Waals surface area contributed by atoms with E-state index >= 15 is 0 Å². The number of hydroxylamine groups is 6. The number of aryl methyl sites for hydroxylation is 1. The number of hydrogen-bond acceptors (Lipinski definition) is 12. The molecule has 354 valence electrons. The third-order valence-electron chi connectivity index (χ3n) is 13.8. The van der Waals surface area contributed by atoms with Gasteiger partial charge in [0.05, 0.1) is 19.8 Å². The summed E-state index contributed by atoms with van der Waals surface area (Å²) in [4.78, 5) is 42.5. The van der Waals surface area contributed by atoms with E-state index < -0.39 is 0 Å². The van der Waals surface area contributed by atoms with Gasteiger partial charge in [0.1, 0.15) is 5.82 Å². The van der Waals surface area contributed by atoms with Crippen LogP contribution in [0.1, 0.15) is 200 Å². The van der Waals surface area contributed by atoms with Crippen LogP contribution in [0.3, 0.4) is 0 Å². The van der Waals surface area contributed by atoms with E-state index in [0.717, 1.165) is 108 Å². The van der Waals surface area contributed by atoms with Gasteiger partial charge >= 0.3 is 0 Å². The van der Waals surface area contributed by atoms with Crippen LogP contribution in [0.25, 0.3) is 0 Å². The molecule has 1 aromatic heterocycles. The summed E-state index contributed by atoms with van der Waals surface area (Å²) in [6.45, 7) is 43.9. The first-order chi connectivity index (χ1) is 28.4. The van der Waals surface area contributed by atoms with Crippen molar-refractivity contribution in [1.82, 2.24) is 35.0 Å². The summed E-state index contributed by atoms with van der Waals surface area (Å²) in [6.07, 6.45) is 14.0. The molecule has 0 aliphatic carbocycles. The summed E-state index contributed by atoms with van der Waals surface area (Å²) in [6, 6.07) is 1.09. The largest absolute Gasteiger partial charge is 0.338 e. The van der Waals surface area contributed by atoms with Gasteiger partial charge in [-0.15, -0.1) is 0 Å². The first kappa shape index (κ1) is 52.0. The van der Waals surface area contributed by atoms with Crippen molar-refractivity contribution in [3.8, 4) is 0 Å². The lowest BCUT2D eigenvalue weighted by atomic mass is 9.78. The molecule has 0 N–H and O–H groups in total. The highest BCUT2D eigenvalue weighted by atomic mass is 16.7. The second kappa shape index (κ2) is 21.1. The molecule has 12 heteroatoms. The first-order valence-corrected chi connectivity index (χ1v) is 24.6. The Kier molecular flexibility index (Phi) is 18.0. The SMILES string of the molecule is CCCCN(c1nc(C)nc(N(CCCCCCN(C)C2CC(C)(C)N(OCC)C(C)(C)C2)C2CC(C)(C)N(OCC)C(C)(C)C2)n1)C1CC(C)(C)N(OCCC)C(C)(C)C1. The molecule has 1 aromatic rings. The van der Waals surface area contributed by atoms with E-state index in [1.54, 1.807) is 0 Å². The zero-order chi connectivity index (χ0) is 45.6. The maximum absolute atomic E-state index is 6.44. The summed E-state index contributed by atoms with van der Waals surface area (Å²) < 4.78 is 0. The number of unbranched alkanes of at least 4 members (excludes halogenated alkanes) is 4. The Morgan fingerprint density at radius 2 is 0.836 bits per heavy atom. The fourth-order valence-electron chi connectivity index (χ4n) is 12.0. The number of rotatable bonds is 22. The number of nitrogens with zero attached hydrogens (tertiary/aromatic N) is 9. The van der Waals surface area contributed by atoms with Gasteiger partial charge in [0.25, 0.3) is 0 Å². The first-order valence-electron chi connectivity index (χ1n) is 24.6. The van der Waals surface area contributed by atoms with Crippen LogP contribution >= 0.6 is 0 Å². The molecular weight excluding hydrogens is 763 g/mol. The Labute approximate surface area is 375 Å². The highest BCUT2D eigenvalue weighted by molar-refractivity contribution is 5.42. The van der Waals surface area contributed by atoms with Crippen molar-refractivity contribution in [1.29, 1.82) is 0 Å². The number of anilines is 2. The highest BCUT2D eigenvalue weighted by Crippen LogP contribution is 2.44. The maximum atomic E-state index is 6.44. The highest BCUT2D eigenvalue weighted by Gasteiger charge is 2.51. The van der Waals surface area contributed by atoms with Gasteiger partial charge in [0.15, 0.2) is 0 Å². The fourth-order valence-corrected chi connectivity index (χ4v) is 12.0. The van der Waals surface area contributed by atoms with Crippen molar-refractivity contribution < 1.29 is 14.5 Å². The lowest BCUT2D eigenvalue weighted by Gasteiger charge is -2.56. The maximum Gasteiger partial charge on any atom is 0.230 e.